The molecule has 0 spiro atoms. The summed E-state index contributed by atoms with van der Waals surface area (Å²) in [7, 11) is 0. The number of ether oxygens (including phenoxy) is 1. The van der Waals surface area contributed by atoms with E-state index in [-0.39, 0.29) is 0 Å². The molecule has 0 aliphatic carbocycles. The van der Waals surface area contributed by atoms with Crippen molar-refractivity contribution in [2.75, 3.05) is 32.9 Å². The fourth-order valence-corrected chi connectivity index (χ4v) is 2.06. The number of hydrogen-bond donors (Lipinski definition) is 1. The Balaban J connectivity index is 2.12. The highest BCUT2D eigenvalue weighted by Gasteiger charge is 2.20. The number of piperidine rings is 1. The van der Waals surface area contributed by atoms with Crippen LogP contribution in [0.1, 0.15) is 33.1 Å². The molecule has 90 valence electrons. The third-order valence-corrected chi connectivity index (χ3v) is 2.93. The van der Waals surface area contributed by atoms with Crippen LogP contribution in [0.5, 0.6) is 0 Å². The smallest absolute Gasteiger partial charge is 0.0593 e. The van der Waals surface area contributed by atoms with Gasteiger partial charge in [0.05, 0.1) is 13.2 Å². The lowest BCUT2D eigenvalue weighted by Crippen LogP contribution is -2.43. The molecule has 1 heterocycles. The van der Waals surface area contributed by atoms with E-state index in [1.165, 1.54) is 12.8 Å². The molecule has 1 fully saturated rings. The molecule has 1 saturated heterocycles. The van der Waals surface area contributed by atoms with Gasteiger partial charge in [-0.3, -0.25) is 4.90 Å². The highest BCUT2D eigenvalue weighted by molar-refractivity contribution is 4.75. The van der Waals surface area contributed by atoms with Crippen LogP contribution in [0.3, 0.4) is 0 Å². The second-order valence-electron chi connectivity index (χ2n) is 4.84. The Hall–Kier alpha value is -0.120. The number of nitrogens with zero attached hydrogens (tertiary/aromatic N) is 1. The van der Waals surface area contributed by atoms with Crippen molar-refractivity contribution in [3.05, 3.63) is 0 Å². The van der Waals surface area contributed by atoms with Crippen LogP contribution in [-0.2, 0) is 4.74 Å². The van der Waals surface area contributed by atoms with E-state index in [1.54, 1.807) is 0 Å². The molecule has 0 saturated carbocycles. The van der Waals surface area contributed by atoms with E-state index in [0.717, 1.165) is 32.7 Å². The van der Waals surface area contributed by atoms with Crippen molar-refractivity contribution in [2.24, 2.45) is 5.92 Å². The molecule has 1 N–H and O–H groups in total. The van der Waals surface area contributed by atoms with Crippen LogP contribution < -0.4 is 0 Å². The average Bonchev–Trinajstić information content (AvgIpc) is 2.24. The Kier molecular flexibility index (Phi) is 6.22. The maximum absolute atomic E-state index is 9.22. The molecule has 3 nitrogen and oxygen atoms in total. The Morgan fingerprint density at radius 3 is 2.87 bits per heavy atom. The van der Waals surface area contributed by atoms with Crippen LogP contribution in [-0.4, -0.2) is 49.0 Å². The zero-order valence-corrected chi connectivity index (χ0v) is 10.1. The largest absolute Gasteiger partial charge is 0.395 e. The van der Waals surface area contributed by atoms with Gasteiger partial charge >= 0.3 is 0 Å². The molecule has 1 aliphatic rings. The molecule has 0 bridgehead atoms. The highest BCUT2D eigenvalue weighted by Crippen LogP contribution is 2.15. The van der Waals surface area contributed by atoms with E-state index in [4.69, 9.17) is 4.74 Å². The van der Waals surface area contributed by atoms with Gasteiger partial charge in [0.25, 0.3) is 0 Å². The van der Waals surface area contributed by atoms with Crippen LogP contribution in [0.4, 0.5) is 0 Å². The highest BCUT2D eigenvalue weighted by atomic mass is 16.5. The van der Waals surface area contributed by atoms with E-state index in [1.807, 2.05) is 0 Å². The molecule has 1 aliphatic heterocycles. The normalized spacial score (nSPS) is 23.6. The average molecular weight is 215 g/mol. The van der Waals surface area contributed by atoms with Crippen molar-refractivity contribution in [3.8, 4) is 0 Å². The fraction of sp³-hybridized carbons (Fsp3) is 1.00. The monoisotopic (exact) mass is 215 g/mol. The quantitative estimate of drug-likeness (QED) is 0.682. The molecule has 1 atom stereocenters. The van der Waals surface area contributed by atoms with Gasteiger partial charge in [-0.2, -0.15) is 0 Å². The maximum atomic E-state index is 9.22. The minimum Gasteiger partial charge on any atom is -0.395 e. The van der Waals surface area contributed by atoms with Crippen LogP contribution in [0.15, 0.2) is 0 Å². The second kappa shape index (κ2) is 7.20. The Morgan fingerprint density at radius 1 is 1.40 bits per heavy atom. The Labute approximate surface area is 93.4 Å². The molecule has 0 radical (unpaired) electrons. The van der Waals surface area contributed by atoms with Crippen LogP contribution in [0.25, 0.3) is 0 Å². The van der Waals surface area contributed by atoms with Crippen LogP contribution >= 0.6 is 0 Å². The first-order chi connectivity index (χ1) is 7.24. The van der Waals surface area contributed by atoms with Crippen molar-refractivity contribution >= 4 is 0 Å². The molecule has 1 unspecified atom stereocenters. The van der Waals surface area contributed by atoms with Crippen LogP contribution in [0, 0.1) is 5.92 Å². The molecule has 0 aromatic rings. The first-order valence-electron chi connectivity index (χ1n) is 6.16. The minimum absolute atomic E-state index is 0.296. The minimum atomic E-state index is 0.296. The fourth-order valence-electron chi connectivity index (χ4n) is 2.06. The molecule has 15 heavy (non-hydrogen) atoms. The predicted molar refractivity (Wildman–Crippen MR) is 62.0 cm³/mol. The second-order valence-corrected chi connectivity index (χ2v) is 4.84. The summed E-state index contributed by atoms with van der Waals surface area (Å²) in [6.07, 6.45) is 3.66. The summed E-state index contributed by atoms with van der Waals surface area (Å²) < 4.78 is 5.57. The molecule has 1 rings (SSSR count). The predicted octanol–water partition coefficient (Wildman–Crippen LogP) is 1.51. The van der Waals surface area contributed by atoms with Gasteiger partial charge in [-0.1, -0.05) is 20.3 Å². The summed E-state index contributed by atoms with van der Waals surface area (Å²) in [5, 5.41) is 9.22. The topological polar surface area (TPSA) is 32.7 Å². The standard InChI is InChI=1S/C12H25NO2/c1-11(2)10-15-8-7-13-6-4-3-5-12(13)9-14/h11-12,14H,3-10H2,1-2H3. The summed E-state index contributed by atoms with van der Waals surface area (Å²) in [6, 6.07) is 0.376. The number of rotatable bonds is 6. The summed E-state index contributed by atoms with van der Waals surface area (Å²) in [4.78, 5) is 2.36. The van der Waals surface area contributed by atoms with Gasteiger partial charge in [-0.05, 0) is 25.3 Å². The maximum Gasteiger partial charge on any atom is 0.0593 e. The number of likely N-dealkylation sites (tertiary alicyclic amines) is 1. The van der Waals surface area contributed by atoms with E-state index < -0.39 is 0 Å². The van der Waals surface area contributed by atoms with E-state index in [0.29, 0.717) is 18.6 Å². The van der Waals surface area contributed by atoms with Crippen molar-refractivity contribution < 1.29 is 9.84 Å². The van der Waals surface area contributed by atoms with Gasteiger partial charge in [0.1, 0.15) is 0 Å². The van der Waals surface area contributed by atoms with Crippen molar-refractivity contribution in [1.29, 1.82) is 0 Å². The number of hydrogen-bond acceptors (Lipinski definition) is 3. The summed E-state index contributed by atoms with van der Waals surface area (Å²) >= 11 is 0. The van der Waals surface area contributed by atoms with Crippen molar-refractivity contribution in [3.63, 3.8) is 0 Å². The lowest BCUT2D eigenvalue weighted by atomic mass is 10.0. The molecule has 0 amide bonds. The van der Waals surface area contributed by atoms with Gasteiger partial charge < -0.3 is 9.84 Å². The third kappa shape index (κ3) is 4.96. The van der Waals surface area contributed by atoms with Crippen molar-refractivity contribution in [2.45, 2.75) is 39.2 Å². The Morgan fingerprint density at radius 2 is 2.20 bits per heavy atom. The zero-order valence-electron chi connectivity index (χ0n) is 10.1. The Bertz CT molecular complexity index is 162. The zero-order chi connectivity index (χ0) is 11.1. The third-order valence-electron chi connectivity index (χ3n) is 2.93. The SMILES string of the molecule is CC(C)COCCN1CCCCC1CO. The van der Waals surface area contributed by atoms with Gasteiger partial charge in [0.2, 0.25) is 0 Å². The van der Waals surface area contributed by atoms with Gasteiger partial charge in [0.15, 0.2) is 0 Å². The first kappa shape index (κ1) is 12.9. The number of aliphatic hydroxyl groups is 1. The molecular weight excluding hydrogens is 190 g/mol. The first-order valence-corrected chi connectivity index (χ1v) is 6.16. The lowest BCUT2D eigenvalue weighted by molar-refractivity contribution is 0.0418. The summed E-state index contributed by atoms with van der Waals surface area (Å²) in [5.41, 5.74) is 0. The van der Waals surface area contributed by atoms with Gasteiger partial charge in [-0.25, -0.2) is 0 Å². The van der Waals surface area contributed by atoms with Gasteiger partial charge in [-0.15, -0.1) is 0 Å². The molecule has 0 aromatic carbocycles. The summed E-state index contributed by atoms with van der Waals surface area (Å²) in [5.74, 6) is 0.611. The molecule has 3 heteroatoms. The van der Waals surface area contributed by atoms with Crippen molar-refractivity contribution in [1.82, 2.24) is 4.90 Å². The summed E-state index contributed by atoms with van der Waals surface area (Å²) in [6.45, 7) is 8.36. The van der Waals surface area contributed by atoms with Crippen LogP contribution in [0.2, 0.25) is 0 Å². The number of aliphatic hydroxyl groups excluding tert-OH is 1. The van der Waals surface area contributed by atoms with E-state index in [2.05, 4.69) is 18.7 Å². The van der Waals surface area contributed by atoms with E-state index in [9.17, 15) is 5.11 Å². The van der Waals surface area contributed by atoms with E-state index >= 15 is 0 Å². The molecule has 0 aromatic heterocycles. The lowest BCUT2D eigenvalue weighted by Gasteiger charge is -2.34. The van der Waals surface area contributed by atoms with Gasteiger partial charge in [0, 0.05) is 19.2 Å². The molecular formula is C12H25NO2.